The molecule has 0 saturated carbocycles. The first-order valence-electron chi connectivity index (χ1n) is 6.07. The number of aliphatic hydroxyl groups is 1. The number of carbonyl (C=O) groups excluding carboxylic acids is 1. The second-order valence-corrected chi connectivity index (χ2v) is 3.92. The lowest BCUT2D eigenvalue weighted by atomic mass is 10.1. The predicted octanol–water partition coefficient (Wildman–Crippen LogP) is 1.17. The molecule has 0 aromatic heterocycles. The summed E-state index contributed by atoms with van der Waals surface area (Å²) in [5, 5.41) is 11.8. The van der Waals surface area contributed by atoms with E-state index in [1.54, 1.807) is 18.2 Å². The molecular weight excluding hydrogens is 232 g/mol. The molecule has 1 amide bonds. The molecule has 0 aliphatic rings. The van der Waals surface area contributed by atoms with Crippen LogP contribution in [0.5, 0.6) is 5.75 Å². The Morgan fingerprint density at radius 3 is 2.78 bits per heavy atom. The molecule has 18 heavy (non-hydrogen) atoms. The van der Waals surface area contributed by atoms with Crippen molar-refractivity contribution in [3.05, 3.63) is 23.8 Å². The van der Waals surface area contributed by atoms with Crippen molar-refractivity contribution in [2.24, 2.45) is 0 Å². The molecule has 5 nitrogen and oxygen atoms in total. The molecule has 0 spiro atoms. The van der Waals surface area contributed by atoms with Crippen LogP contribution in [0.3, 0.4) is 0 Å². The third kappa shape index (κ3) is 3.37. The molecule has 0 fully saturated rings. The van der Waals surface area contributed by atoms with Crippen LogP contribution in [-0.2, 0) is 0 Å². The van der Waals surface area contributed by atoms with Gasteiger partial charge < -0.3 is 20.9 Å². The number of hydrogen-bond acceptors (Lipinski definition) is 4. The van der Waals surface area contributed by atoms with Crippen LogP contribution >= 0.6 is 0 Å². The van der Waals surface area contributed by atoms with Gasteiger partial charge >= 0.3 is 0 Å². The lowest BCUT2D eigenvalue weighted by Gasteiger charge is -2.16. The van der Waals surface area contributed by atoms with Crippen LogP contribution in [0.15, 0.2) is 18.2 Å². The Bertz CT molecular complexity index is 403. The Hall–Kier alpha value is -1.75. The van der Waals surface area contributed by atoms with Crippen molar-refractivity contribution >= 4 is 11.6 Å². The summed E-state index contributed by atoms with van der Waals surface area (Å²) in [5.41, 5.74) is 6.61. The Morgan fingerprint density at radius 1 is 1.50 bits per heavy atom. The van der Waals surface area contributed by atoms with E-state index in [1.165, 1.54) is 0 Å². The number of nitrogen functional groups attached to an aromatic ring is 1. The standard InChI is InChI=1S/C13H20N2O3/c1-3-9(8-16)15-13(17)10-6-5-7-11(14)12(10)18-4-2/h5-7,9,16H,3-4,8,14H2,1-2H3,(H,15,17)/t9-/m0/s1. The quantitative estimate of drug-likeness (QED) is 0.663. The van der Waals surface area contributed by atoms with E-state index in [0.717, 1.165) is 0 Å². The third-order valence-corrected chi connectivity index (χ3v) is 2.63. The van der Waals surface area contributed by atoms with Crippen molar-refractivity contribution in [2.45, 2.75) is 26.3 Å². The van der Waals surface area contributed by atoms with Crippen molar-refractivity contribution in [3.63, 3.8) is 0 Å². The molecule has 100 valence electrons. The van der Waals surface area contributed by atoms with Crippen LogP contribution < -0.4 is 15.8 Å². The van der Waals surface area contributed by atoms with Gasteiger partial charge in [-0.05, 0) is 25.5 Å². The van der Waals surface area contributed by atoms with Crippen LogP contribution in [0.4, 0.5) is 5.69 Å². The Balaban J connectivity index is 2.94. The zero-order valence-electron chi connectivity index (χ0n) is 10.8. The van der Waals surface area contributed by atoms with Crippen molar-refractivity contribution in [1.29, 1.82) is 0 Å². The number of carbonyl (C=O) groups is 1. The highest BCUT2D eigenvalue weighted by molar-refractivity contribution is 5.98. The Morgan fingerprint density at radius 2 is 2.22 bits per heavy atom. The second-order valence-electron chi connectivity index (χ2n) is 3.92. The number of para-hydroxylation sites is 1. The van der Waals surface area contributed by atoms with E-state index in [0.29, 0.717) is 30.0 Å². The van der Waals surface area contributed by atoms with Crippen molar-refractivity contribution in [1.82, 2.24) is 5.32 Å². The van der Waals surface area contributed by atoms with Gasteiger partial charge in [-0.3, -0.25) is 4.79 Å². The molecule has 4 N–H and O–H groups in total. The van der Waals surface area contributed by atoms with Gasteiger partial charge in [0.2, 0.25) is 0 Å². The monoisotopic (exact) mass is 252 g/mol. The highest BCUT2D eigenvalue weighted by Crippen LogP contribution is 2.26. The first kappa shape index (κ1) is 14.3. The van der Waals surface area contributed by atoms with Crippen molar-refractivity contribution < 1.29 is 14.6 Å². The summed E-state index contributed by atoms with van der Waals surface area (Å²) in [6.07, 6.45) is 0.661. The first-order chi connectivity index (χ1) is 8.63. The molecule has 1 aromatic rings. The largest absolute Gasteiger partial charge is 0.491 e. The van der Waals surface area contributed by atoms with Gasteiger partial charge in [-0.25, -0.2) is 0 Å². The molecular formula is C13H20N2O3. The number of aliphatic hydroxyl groups excluding tert-OH is 1. The van der Waals surface area contributed by atoms with E-state index in [1.807, 2.05) is 13.8 Å². The zero-order valence-corrected chi connectivity index (χ0v) is 10.8. The molecule has 0 saturated heterocycles. The zero-order chi connectivity index (χ0) is 13.5. The number of hydrogen-bond donors (Lipinski definition) is 3. The molecule has 0 heterocycles. The van der Waals surface area contributed by atoms with Gasteiger partial charge in [0.05, 0.1) is 30.5 Å². The summed E-state index contributed by atoms with van der Waals surface area (Å²) in [6.45, 7) is 4.07. The van der Waals surface area contributed by atoms with Gasteiger partial charge in [-0.1, -0.05) is 13.0 Å². The SMILES string of the molecule is CCOc1c(N)cccc1C(=O)N[C@@H](CC)CO. The summed E-state index contributed by atoms with van der Waals surface area (Å²) in [5.74, 6) is 0.108. The number of benzene rings is 1. The third-order valence-electron chi connectivity index (χ3n) is 2.63. The highest BCUT2D eigenvalue weighted by atomic mass is 16.5. The fraction of sp³-hybridized carbons (Fsp3) is 0.462. The molecule has 0 aliphatic carbocycles. The van der Waals surface area contributed by atoms with Crippen LogP contribution in [-0.4, -0.2) is 30.3 Å². The van der Waals surface area contributed by atoms with E-state index in [4.69, 9.17) is 15.6 Å². The maximum absolute atomic E-state index is 12.1. The minimum atomic E-state index is -0.286. The van der Waals surface area contributed by atoms with Crippen molar-refractivity contribution in [3.8, 4) is 5.75 Å². The first-order valence-corrected chi connectivity index (χ1v) is 6.07. The molecule has 5 heteroatoms. The molecule has 1 rings (SSSR count). The lowest BCUT2D eigenvalue weighted by Crippen LogP contribution is -2.37. The van der Waals surface area contributed by atoms with Crippen LogP contribution in [0, 0.1) is 0 Å². The van der Waals surface area contributed by atoms with Gasteiger partial charge in [0.1, 0.15) is 0 Å². The van der Waals surface area contributed by atoms with Gasteiger partial charge in [-0.2, -0.15) is 0 Å². The average Bonchev–Trinajstić information content (AvgIpc) is 2.38. The Labute approximate surface area is 107 Å². The minimum absolute atomic E-state index is 0.0888. The van der Waals surface area contributed by atoms with Gasteiger partial charge in [0.15, 0.2) is 5.75 Å². The maximum Gasteiger partial charge on any atom is 0.255 e. The van der Waals surface area contributed by atoms with Gasteiger partial charge in [0, 0.05) is 0 Å². The fourth-order valence-corrected chi connectivity index (χ4v) is 1.58. The van der Waals surface area contributed by atoms with E-state index in [2.05, 4.69) is 5.32 Å². The summed E-state index contributed by atoms with van der Waals surface area (Å²) in [4.78, 5) is 12.1. The molecule has 1 aromatic carbocycles. The van der Waals surface area contributed by atoms with Gasteiger partial charge in [0.25, 0.3) is 5.91 Å². The minimum Gasteiger partial charge on any atom is -0.491 e. The molecule has 0 bridgehead atoms. The van der Waals surface area contributed by atoms with Crippen molar-refractivity contribution in [2.75, 3.05) is 18.9 Å². The maximum atomic E-state index is 12.1. The predicted molar refractivity (Wildman–Crippen MR) is 70.7 cm³/mol. The summed E-state index contributed by atoms with van der Waals surface area (Å²) < 4.78 is 5.39. The van der Waals surface area contributed by atoms with E-state index >= 15 is 0 Å². The average molecular weight is 252 g/mol. The smallest absolute Gasteiger partial charge is 0.255 e. The number of amides is 1. The molecule has 1 atom stereocenters. The highest BCUT2D eigenvalue weighted by Gasteiger charge is 2.17. The molecule has 0 unspecified atom stereocenters. The number of anilines is 1. The summed E-state index contributed by atoms with van der Waals surface area (Å²) in [6, 6.07) is 4.78. The molecule has 0 radical (unpaired) electrons. The molecule has 0 aliphatic heterocycles. The fourth-order valence-electron chi connectivity index (χ4n) is 1.58. The normalized spacial score (nSPS) is 11.9. The summed E-state index contributed by atoms with van der Waals surface area (Å²) >= 11 is 0. The Kier molecular flexibility index (Phi) is 5.45. The second kappa shape index (κ2) is 6.86. The number of ether oxygens (including phenoxy) is 1. The summed E-state index contributed by atoms with van der Waals surface area (Å²) in [7, 11) is 0. The van der Waals surface area contributed by atoms with Crippen LogP contribution in [0.25, 0.3) is 0 Å². The lowest BCUT2D eigenvalue weighted by molar-refractivity contribution is 0.0911. The van der Waals surface area contributed by atoms with Gasteiger partial charge in [-0.15, -0.1) is 0 Å². The van der Waals surface area contributed by atoms with Crippen LogP contribution in [0.1, 0.15) is 30.6 Å². The van der Waals surface area contributed by atoms with E-state index in [9.17, 15) is 4.79 Å². The van der Waals surface area contributed by atoms with E-state index in [-0.39, 0.29) is 18.6 Å². The van der Waals surface area contributed by atoms with E-state index < -0.39 is 0 Å². The topological polar surface area (TPSA) is 84.6 Å². The number of nitrogens with two attached hydrogens (primary N) is 1. The number of rotatable bonds is 6. The number of nitrogens with one attached hydrogen (secondary N) is 1. The van der Waals surface area contributed by atoms with Crippen LogP contribution in [0.2, 0.25) is 0 Å².